The van der Waals surface area contributed by atoms with Crippen LogP contribution in [0.1, 0.15) is 27.7 Å². The minimum absolute atomic E-state index is 0.187. The molecule has 3 N–H and O–H groups in total. The second-order valence-corrected chi connectivity index (χ2v) is 4.23. The second kappa shape index (κ2) is 5.51. The summed E-state index contributed by atoms with van der Waals surface area (Å²) >= 11 is 0. The van der Waals surface area contributed by atoms with Crippen LogP contribution in [-0.2, 0) is 0 Å². The first-order chi connectivity index (χ1) is 5.42. The van der Waals surface area contributed by atoms with E-state index in [-0.39, 0.29) is 11.6 Å². The summed E-state index contributed by atoms with van der Waals surface area (Å²) in [6.45, 7) is 10.7. The molecule has 0 spiro atoms. The lowest BCUT2D eigenvalue weighted by Gasteiger charge is -2.20. The van der Waals surface area contributed by atoms with Gasteiger partial charge in [-0.3, -0.25) is 0 Å². The molecule has 0 saturated heterocycles. The minimum atomic E-state index is -0.250. The highest BCUT2D eigenvalue weighted by Crippen LogP contribution is 1.96. The Hall–Kier alpha value is -0.120. The SMILES string of the molecule is CC(O)CNCCNC(C)(C)C. The monoisotopic (exact) mass is 174 g/mol. The molecule has 0 aliphatic carbocycles. The highest BCUT2D eigenvalue weighted by atomic mass is 16.3. The molecule has 1 unspecified atom stereocenters. The highest BCUT2D eigenvalue weighted by molar-refractivity contribution is 4.70. The maximum Gasteiger partial charge on any atom is 0.0636 e. The molecule has 0 aliphatic rings. The van der Waals surface area contributed by atoms with Gasteiger partial charge in [0.05, 0.1) is 6.10 Å². The Balaban J connectivity index is 3.12. The summed E-state index contributed by atoms with van der Waals surface area (Å²) in [5.41, 5.74) is 0.187. The van der Waals surface area contributed by atoms with E-state index in [1.165, 1.54) is 0 Å². The van der Waals surface area contributed by atoms with Crippen molar-refractivity contribution in [2.45, 2.75) is 39.3 Å². The van der Waals surface area contributed by atoms with Crippen molar-refractivity contribution in [3.63, 3.8) is 0 Å². The Morgan fingerprint density at radius 2 is 1.83 bits per heavy atom. The number of hydrogen-bond donors (Lipinski definition) is 3. The van der Waals surface area contributed by atoms with Crippen LogP contribution >= 0.6 is 0 Å². The zero-order valence-electron chi connectivity index (χ0n) is 8.65. The van der Waals surface area contributed by atoms with E-state index in [4.69, 9.17) is 5.11 Å². The van der Waals surface area contributed by atoms with Crippen LogP contribution in [0.15, 0.2) is 0 Å². The van der Waals surface area contributed by atoms with E-state index in [1.807, 2.05) is 0 Å². The summed E-state index contributed by atoms with van der Waals surface area (Å²) in [7, 11) is 0. The Morgan fingerprint density at radius 3 is 2.25 bits per heavy atom. The van der Waals surface area contributed by atoms with Crippen LogP contribution in [0.25, 0.3) is 0 Å². The molecule has 3 nitrogen and oxygen atoms in total. The molecular formula is C9H22N2O. The fourth-order valence-corrected chi connectivity index (χ4v) is 0.837. The molecule has 0 bridgehead atoms. The average Bonchev–Trinajstić information content (AvgIpc) is 1.83. The molecule has 0 fully saturated rings. The summed E-state index contributed by atoms with van der Waals surface area (Å²) in [6.07, 6.45) is -0.250. The van der Waals surface area contributed by atoms with E-state index in [0.717, 1.165) is 13.1 Å². The van der Waals surface area contributed by atoms with Gasteiger partial charge in [0, 0.05) is 25.2 Å². The molecule has 0 aromatic heterocycles. The van der Waals surface area contributed by atoms with E-state index in [2.05, 4.69) is 31.4 Å². The Bertz CT molecular complexity index is 108. The number of hydrogen-bond acceptors (Lipinski definition) is 3. The molecule has 12 heavy (non-hydrogen) atoms. The molecular weight excluding hydrogens is 152 g/mol. The summed E-state index contributed by atoms with van der Waals surface area (Å²) in [5, 5.41) is 15.4. The first-order valence-electron chi connectivity index (χ1n) is 4.55. The van der Waals surface area contributed by atoms with E-state index in [9.17, 15) is 0 Å². The normalized spacial score (nSPS) is 14.8. The van der Waals surface area contributed by atoms with E-state index in [1.54, 1.807) is 6.92 Å². The highest BCUT2D eigenvalue weighted by Gasteiger charge is 2.06. The van der Waals surface area contributed by atoms with Gasteiger partial charge in [0.15, 0.2) is 0 Å². The lowest BCUT2D eigenvalue weighted by atomic mass is 10.1. The van der Waals surface area contributed by atoms with Gasteiger partial charge in [0.2, 0.25) is 0 Å². The molecule has 74 valence electrons. The Morgan fingerprint density at radius 1 is 1.25 bits per heavy atom. The van der Waals surface area contributed by atoms with Gasteiger partial charge in [-0.25, -0.2) is 0 Å². The number of rotatable bonds is 5. The number of aliphatic hydroxyl groups is 1. The summed E-state index contributed by atoms with van der Waals surface area (Å²) in [5.74, 6) is 0. The van der Waals surface area contributed by atoms with Crippen molar-refractivity contribution in [3.05, 3.63) is 0 Å². The Kier molecular flexibility index (Phi) is 5.46. The van der Waals surface area contributed by atoms with Crippen molar-refractivity contribution < 1.29 is 5.11 Å². The lowest BCUT2D eigenvalue weighted by molar-refractivity contribution is 0.191. The van der Waals surface area contributed by atoms with Crippen LogP contribution in [0, 0.1) is 0 Å². The summed E-state index contributed by atoms with van der Waals surface area (Å²) in [4.78, 5) is 0. The van der Waals surface area contributed by atoms with Gasteiger partial charge in [0.1, 0.15) is 0 Å². The Labute approximate surface area is 75.6 Å². The third-order valence-corrected chi connectivity index (χ3v) is 1.40. The van der Waals surface area contributed by atoms with E-state index < -0.39 is 0 Å². The molecule has 0 aromatic carbocycles. The van der Waals surface area contributed by atoms with Crippen LogP contribution in [0.4, 0.5) is 0 Å². The molecule has 0 saturated carbocycles. The van der Waals surface area contributed by atoms with E-state index >= 15 is 0 Å². The molecule has 0 heterocycles. The third kappa shape index (κ3) is 9.88. The van der Waals surface area contributed by atoms with Crippen LogP contribution in [0.3, 0.4) is 0 Å². The van der Waals surface area contributed by atoms with E-state index in [0.29, 0.717) is 6.54 Å². The standard InChI is InChI=1S/C9H22N2O/c1-8(12)7-10-5-6-11-9(2,3)4/h8,10-12H,5-7H2,1-4H3. The first kappa shape index (κ1) is 11.9. The van der Waals surface area contributed by atoms with Crippen molar-refractivity contribution >= 4 is 0 Å². The van der Waals surface area contributed by atoms with Gasteiger partial charge in [-0.2, -0.15) is 0 Å². The first-order valence-corrected chi connectivity index (χ1v) is 4.55. The quantitative estimate of drug-likeness (QED) is 0.527. The predicted molar refractivity (Wildman–Crippen MR) is 52.3 cm³/mol. The minimum Gasteiger partial charge on any atom is -0.392 e. The van der Waals surface area contributed by atoms with Gasteiger partial charge >= 0.3 is 0 Å². The van der Waals surface area contributed by atoms with Gasteiger partial charge in [-0.15, -0.1) is 0 Å². The number of aliphatic hydroxyl groups excluding tert-OH is 1. The maximum absolute atomic E-state index is 8.93. The number of nitrogens with one attached hydrogen (secondary N) is 2. The van der Waals surface area contributed by atoms with Crippen molar-refractivity contribution in [3.8, 4) is 0 Å². The molecule has 0 aromatic rings. The van der Waals surface area contributed by atoms with Crippen molar-refractivity contribution in [2.24, 2.45) is 0 Å². The molecule has 0 aliphatic heterocycles. The van der Waals surface area contributed by atoms with Crippen molar-refractivity contribution in [2.75, 3.05) is 19.6 Å². The van der Waals surface area contributed by atoms with Crippen LogP contribution in [0.5, 0.6) is 0 Å². The van der Waals surface area contributed by atoms with Crippen molar-refractivity contribution in [1.82, 2.24) is 10.6 Å². The molecule has 3 heteroatoms. The average molecular weight is 174 g/mol. The molecule has 1 atom stereocenters. The van der Waals surface area contributed by atoms with Gasteiger partial charge in [-0.1, -0.05) is 0 Å². The van der Waals surface area contributed by atoms with Crippen LogP contribution < -0.4 is 10.6 Å². The largest absolute Gasteiger partial charge is 0.392 e. The smallest absolute Gasteiger partial charge is 0.0636 e. The van der Waals surface area contributed by atoms with Gasteiger partial charge < -0.3 is 15.7 Å². The summed E-state index contributed by atoms with van der Waals surface area (Å²) < 4.78 is 0. The second-order valence-electron chi connectivity index (χ2n) is 4.23. The van der Waals surface area contributed by atoms with Gasteiger partial charge in [0.25, 0.3) is 0 Å². The van der Waals surface area contributed by atoms with Crippen molar-refractivity contribution in [1.29, 1.82) is 0 Å². The van der Waals surface area contributed by atoms with Gasteiger partial charge in [-0.05, 0) is 27.7 Å². The summed E-state index contributed by atoms with van der Waals surface area (Å²) in [6, 6.07) is 0. The van der Waals surface area contributed by atoms with Crippen LogP contribution in [0.2, 0.25) is 0 Å². The third-order valence-electron chi connectivity index (χ3n) is 1.40. The fourth-order valence-electron chi connectivity index (χ4n) is 0.837. The maximum atomic E-state index is 8.93. The fraction of sp³-hybridized carbons (Fsp3) is 1.00. The molecule has 0 amide bonds. The lowest BCUT2D eigenvalue weighted by Crippen LogP contribution is -2.41. The molecule has 0 rings (SSSR count). The van der Waals surface area contributed by atoms with Crippen LogP contribution in [-0.4, -0.2) is 36.4 Å². The predicted octanol–water partition coefficient (Wildman–Crippen LogP) is 0.345. The zero-order chi connectivity index (χ0) is 9.61. The topological polar surface area (TPSA) is 44.3 Å². The zero-order valence-corrected chi connectivity index (χ0v) is 8.65. The molecule has 0 radical (unpaired) electrons.